The summed E-state index contributed by atoms with van der Waals surface area (Å²) in [6, 6.07) is 24.9. The van der Waals surface area contributed by atoms with E-state index < -0.39 is 0 Å². The second-order valence-electron chi connectivity index (χ2n) is 7.35. The number of hydrogen-bond donors (Lipinski definition) is 0. The average Bonchev–Trinajstić information content (AvgIpc) is 3.29. The monoisotopic (exact) mass is 458 g/mol. The van der Waals surface area contributed by atoms with Gasteiger partial charge in [0, 0.05) is 11.3 Å². The molecule has 8 heteroatoms. The number of nitrogens with zero attached hydrogens (tertiary/aromatic N) is 4. The maximum absolute atomic E-state index is 13.4. The number of aromatic nitrogens is 4. The lowest BCUT2D eigenvalue weighted by molar-refractivity contribution is 0.344. The van der Waals surface area contributed by atoms with E-state index in [-0.39, 0.29) is 5.56 Å². The fourth-order valence-corrected chi connectivity index (χ4v) is 4.54. The summed E-state index contributed by atoms with van der Waals surface area (Å²) in [6.45, 7) is 0.861. The quantitative estimate of drug-likeness (QED) is 0.255. The van der Waals surface area contributed by atoms with Crippen molar-refractivity contribution < 1.29 is 9.47 Å². The molecule has 0 amide bonds. The number of rotatable bonds is 8. The van der Waals surface area contributed by atoms with E-state index in [0.717, 1.165) is 22.6 Å². The molecule has 0 spiro atoms. The van der Waals surface area contributed by atoms with E-state index in [2.05, 4.69) is 10.2 Å². The number of benzene rings is 3. The van der Waals surface area contributed by atoms with E-state index in [4.69, 9.17) is 9.47 Å². The maximum Gasteiger partial charge on any atom is 0.263 e. The van der Waals surface area contributed by atoms with Crippen molar-refractivity contribution in [3.8, 4) is 11.5 Å². The second-order valence-corrected chi connectivity index (χ2v) is 8.41. The Morgan fingerprint density at radius 2 is 1.67 bits per heavy atom. The van der Waals surface area contributed by atoms with Gasteiger partial charge in [-0.05, 0) is 30.3 Å². The number of fused-ring (bicyclic) bond motifs is 3. The molecular formula is C25H22N4O3S. The van der Waals surface area contributed by atoms with Crippen LogP contribution in [0.3, 0.4) is 0 Å². The Kier molecular flexibility index (Phi) is 5.99. The molecule has 0 fully saturated rings. The minimum absolute atomic E-state index is 0.111. The standard InChI is InChI=1S/C25H22N4O3S/c1-31-22-14-8-5-9-18(22)17-28-23(30)20-12-6-7-13-21(20)29-24(28)26-27-25(29)33-16-15-32-19-10-3-2-4-11-19/h2-14H,15-17H2,1H3. The largest absolute Gasteiger partial charge is 0.496 e. The number of methoxy groups -OCH3 is 1. The molecule has 0 radical (unpaired) electrons. The molecular weight excluding hydrogens is 436 g/mol. The van der Waals surface area contributed by atoms with Gasteiger partial charge in [0.2, 0.25) is 5.78 Å². The van der Waals surface area contributed by atoms with Gasteiger partial charge in [-0.15, -0.1) is 10.2 Å². The minimum atomic E-state index is -0.111. The lowest BCUT2D eigenvalue weighted by Crippen LogP contribution is -2.24. The summed E-state index contributed by atoms with van der Waals surface area (Å²) in [5.74, 6) is 2.75. The molecule has 3 aromatic carbocycles. The van der Waals surface area contributed by atoms with Gasteiger partial charge in [0.05, 0.1) is 31.2 Å². The lowest BCUT2D eigenvalue weighted by atomic mass is 10.2. The zero-order valence-electron chi connectivity index (χ0n) is 18.0. The highest BCUT2D eigenvalue weighted by atomic mass is 32.2. The van der Waals surface area contributed by atoms with Crippen LogP contribution in [0.25, 0.3) is 16.7 Å². The predicted molar refractivity (Wildman–Crippen MR) is 130 cm³/mol. The van der Waals surface area contributed by atoms with E-state index in [1.807, 2.05) is 83.3 Å². The summed E-state index contributed by atoms with van der Waals surface area (Å²) in [5.41, 5.74) is 1.57. The predicted octanol–water partition coefficient (Wildman–Crippen LogP) is 4.27. The average molecular weight is 459 g/mol. The Hall–Kier alpha value is -3.78. The van der Waals surface area contributed by atoms with Gasteiger partial charge in [-0.25, -0.2) is 0 Å². The van der Waals surface area contributed by atoms with Crippen molar-refractivity contribution in [3.63, 3.8) is 0 Å². The highest BCUT2D eigenvalue weighted by Crippen LogP contribution is 2.24. The molecule has 0 aliphatic carbocycles. The molecule has 2 heterocycles. The molecule has 0 aliphatic heterocycles. The number of hydrogen-bond acceptors (Lipinski definition) is 6. The summed E-state index contributed by atoms with van der Waals surface area (Å²) < 4.78 is 14.9. The van der Waals surface area contributed by atoms with Crippen molar-refractivity contribution in [1.82, 2.24) is 19.2 Å². The topological polar surface area (TPSA) is 70.7 Å². The van der Waals surface area contributed by atoms with E-state index in [9.17, 15) is 4.79 Å². The normalized spacial score (nSPS) is 11.2. The molecule has 5 rings (SSSR count). The van der Waals surface area contributed by atoms with Gasteiger partial charge in [0.25, 0.3) is 5.56 Å². The van der Waals surface area contributed by atoms with E-state index in [1.54, 1.807) is 23.4 Å². The van der Waals surface area contributed by atoms with Gasteiger partial charge in [0.1, 0.15) is 11.5 Å². The van der Waals surface area contributed by atoms with E-state index in [0.29, 0.717) is 35.2 Å². The molecule has 5 aromatic rings. The molecule has 0 N–H and O–H groups in total. The molecule has 0 atom stereocenters. The van der Waals surface area contributed by atoms with Gasteiger partial charge in [-0.1, -0.05) is 60.3 Å². The van der Waals surface area contributed by atoms with Crippen molar-refractivity contribution in [2.75, 3.05) is 19.5 Å². The molecule has 0 bridgehead atoms. The Bertz CT molecular complexity index is 1460. The van der Waals surface area contributed by atoms with Gasteiger partial charge in [-0.3, -0.25) is 13.8 Å². The van der Waals surface area contributed by atoms with Crippen LogP contribution < -0.4 is 15.0 Å². The summed E-state index contributed by atoms with van der Waals surface area (Å²) in [7, 11) is 1.63. The molecule has 33 heavy (non-hydrogen) atoms. The van der Waals surface area contributed by atoms with Gasteiger partial charge >= 0.3 is 0 Å². The summed E-state index contributed by atoms with van der Waals surface area (Å²) in [5, 5.41) is 10.1. The first-order valence-corrected chi connectivity index (χ1v) is 11.5. The van der Waals surface area contributed by atoms with Crippen LogP contribution in [0.15, 0.2) is 88.8 Å². The van der Waals surface area contributed by atoms with Crippen molar-refractivity contribution in [3.05, 3.63) is 94.8 Å². The van der Waals surface area contributed by atoms with Crippen molar-refractivity contribution >= 4 is 28.4 Å². The van der Waals surface area contributed by atoms with Crippen LogP contribution in [0.1, 0.15) is 5.56 Å². The SMILES string of the molecule is COc1ccccc1Cn1c(=O)c2ccccc2n2c(SCCOc3ccccc3)nnc12. The first kappa shape index (κ1) is 21.1. The zero-order chi connectivity index (χ0) is 22.6. The fraction of sp³-hybridized carbons (Fsp3) is 0.160. The van der Waals surface area contributed by atoms with E-state index in [1.165, 1.54) is 0 Å². The molecule has 0 saturated heterocycles. The van der Waals surface area contributed by atoms with Crippen molar-refractivity contribution in [2.45, 2.75) is 11.7 Å². The van der Waals surface area contributed by atoms with Crippen LogP contribution in [0.2, 0.25) is 0 Å². The summed E-state index contributed by atoms with van der Waals surface area (Å²) >= 11 is 1.54. The van der Waals surface area contributed by atoms with Gasteiger partial charge in [0.15, 0.2) is 5.16 Å². The second kappa shape index (κ2) is 9.38. The highest BCUT2D eigenvalue weighted by molar-refractivity contribution is 7.99. The van der Waals surface area contributed by atoms with Crippen LogP contribution >= 0.6 is 11.8 Å². The maximum atomic E-state index is 13.4. The third-order valence-corrected chi connectivity index (χ3v) is 6.22. The van der Waals surface area contributed by atoms with Crippen LogP contribution in [-0.4, -0.2) is 38.6 Å². The molecule has 166 valence electrons. The number of para-hydroxylation sites is 3. The van der Waals surface area contributed by atoms with Crippen LogP contribution in [-0.2, 0) is 6.54 Å². The Morgan fingerprint density at radius 1 is 0.909 bits per heavy atom. The fourth-order valence-electron chi connectivity index (χ4n) is 3.78. The van der Waals surface area contributed by atoms with Gasteiger partial charge < -0.3 is 9.47 Å². The third-order valence-electron chi connectivity index (χ3n) is 5.33. The lowest BCUT2D eigenvalue weighted by Gasteiger charge is -2.13. The summed E-state index contributed by atoms with van der Waals surface area (Å²) in [6.07, 6.45) is 0. The molecule has 0 aliphatic rings. The third kappa shape index (κ3) is 4.17. The Balaban J connectivity index is 1.51. The molecule has 2 aromatic heterocycles. The first-order valence-electron chi connectivity index (χ1n) is 10.6. The summed E-state index contributed by atoms with van der Waals surface area (Å²) in [4.78, 5) is 13.4. The van der Waals surface area contributed by atoms with Crippen molar-refractivity contribution in [2.24, 2.45) is 0 Å². The molecule has 0 saturated carbocycles. The first-order chi connectivity index (χ1) is 16.3. The van der Waals surface area contributed by atoms with Crippen LogP contribution in [0.5, 0.6) is 11.5 Å². The van der Waals surface area contributed by atoms with Gasteiger partial charge in [-0.2, -0.15) is 0 Å². The van der Waals surface area contributed by atoms with Crippen LogP contribution in [0, 0.1) is 0 Å². The molecule has 7 nitrogen and oxygen atoms in total. The number of ether oxygens (including phenoxy) is 2. The zero-order valence-corrected chi connectivity index (χ0v) is 18.9. The minimum Gasteiger partial charge on any atom is -0.496 e. The Morgan fingerprint density at radius 3 is 2.52 bits per heavy atom. The molecule has 0 unspecified atom stereocenters. The van der Waals surface area contributed by atoms with Crippen molar-refractivity contribution in [1.29, 1.82) is 0 Å². The number of thioether (sulfide) groups is 1. The Labute approximate surface area is 194 Å². The highest BCUT2D eigenvalue weighted by Gasteiger charge is 2.18. The smallest absolute Gasteiger partial charge is 0.263 e. The van der Waals surface area contributed by atoms with E-state index >= 15 is 0 Å². The van der Waals surface area contributed by atoms with Crippen LogP contribution in [0.4, 0.5) is 0 Å².